The Morgan fingerprint density at radius 2 is 1.64 bits per heavy atom. The maximum Gasteiger partial charge on any atom is 0.331 e. The Balaban J connectivity index is 1.74. The van der Waals surface area contributed by atoms with E-state index in [4.69, 9.17) is 4.74 Å². The SMILES string of the molecule is COC(=O)[C@]1(c2ccccc2)N[C@H](c2ccccc2F)[C@H]2C(=O)N(c3cccc(C(C)=O)c3)C(=O)[C@H]21. The third-order valence-corrected chi connectivity index (χ3v) is 7.05. The number of methoxy groups -OCH3 is 1. The number of carbonyl (C=O) groups excluding carboxylic acids is 4. The van der Waals surface area contributed by atoms with Crippen molar-refractivity contribution in [2.24, 2.45) is 11.8 Å². The summed E-state index contributed by atoms with van der Waals surface area (Å²) < 4.78 is 20.2. The van der Waals surface area contributed by atoms with Crippen LogP contribution in [0.5, 0.6) is 0 Å². The number of esters is 1. The maximum absolute atomic E-state index is 15.0. The fourth-order valence-corrected chi connectivity index (χ4v) is 5.45. The zero-order chi connectivity index (χ0) is 25.6. The predicted octanol–water partition coefficient (Wildman–Crippen LogP) is 3.55. The Hall–Kier alpha value is -4.17. The van der Waals surface area contributed by atoms with Crippen molar-refractivity contribution in [2.45, 2.75) is 18.5 Å². The molecule has 0 spiro atoms. The van der Waals surface area contributed by atoms with Gasteiger partial charge in [0, 0.05) is 17.2 Å². The molecule has 5 rings (SSSR count). The summed E-state index contributed by atoms with van der Waals surface area (Å²) in [6.07, 6.45) is 0. The number of anilines is 1. The summed E-state index contributed by atoms with van der Waals surface area (Å²) in [5.41, 5.74) is -0.615. The Morgan fingerprint density at radius 1 is 0.944 bits per heavy atom. The molecule has 8 heteroatoms. The molecule has 2 aliphatic rings. The number of nitrogens with zero attached hydrogens (tertiary/aromatic N) is 1. The van der Waals surface area contributed by atoms with Gasteiger partial charge in [-0.1, -0.05) is 60.7 Å². The average molecular weight is 486 g/mol. The fourth-order valence-electron chi connectivity index (χ4n) is 5.45. The summed E-state index contributed by atoms with van der Waals surface area (Å²) in [4.78, 5) is 54.4. The smallest absolute Gasteiger partial charge is 0.331 e. The van der Waals surface area contributed by atoms with Crippen molar-refractivity contribution in [3.63, 3.8) is 0 Å². The number of fused-ring (bicyclic) bond motifs is 1. The van der Waals surface area contributed by atoms with Gasteiger partial charge < -0.3 is 4.74 Å². The van der Waals surface area contributed by atoms with Crippen LogP contribution in [-0.4, -0.2) is 30.7 Å². The molecule has 2 heterocycles. The zero-order valence-electron chi connectivity index (χ0n) is 19.6. The van der Waals surface area contributed by atoms with E-state index in [1.165, 1.54) is 38.3 Å². The van der Waals surface area contributed by atoms with E-state index in [0.29, 0.717) is 11.1 Å². The van der Waals surface area contributed by atoms with Crippen LogP contribution in [0.1, 0.15) is 34.5 Å². The van der Waals surface area contributed by atoms with Gasteiger partial charge in [0.15, 0.2) is 11.3 Å². The minimum atomic E-state index is -1.74. The lowest BCUT2D eigenvalue weighted by Crippen LogP contribution is -2.53. The quantitative estimate of drug-likeness (QED) is 0.337. The van der Waals surface area contributed by atoms with Crippen LogP contribution in [0.25, 0.3) is 0 Å². The van der Waals surface area contributed by atoms with Crippen LogP contribution in [0.4, 0.5) is 10.1 Å². The predicted molar refractivity (Wildman–Crippen MR) is 128 cm³/mol. The van der Waals surface area contributed by atoms with Gasteiger partial charge in [-0.25, -0.2) is 14.1 Å². The topological polar surface area (TPSA) is 92.8 Å². The number of halogens is 1. The minimum Gasteiger partial charge on any atom is -0.467 e. The third-order valence-electron chi connectivity index (χ3n) is 7.05. The van der Waals surface area contributed by atoms with Crippen LogP contribution in [0, 0.1) is 17.7 Å². The number of benzene rings is 3. The molecule has 3 aromatic rings. The first kappa shape index (κ1) is 23.6. The van der Waals surface area contributed by atoms with Gasteiger partial charge in [0.25, 0.3) is 0 Å². The molecule has 0 bridgehead atoms. The van der Waals surface area contributed by atoms with Gasteiger partial charge in [-0.05, 0) is 30.7 Å². The molecule has 4 atom stereocenters. The maximum atomic E-state index is 15.0. The lowest BCUT2D eigenvalue weighted by molar-refractivity contribution is -0.152. The Morgan fingerprint density at radius 3 is 2.31 bits per heavy atom. The second-order valence-electron chi connectivity index (χ2n) is 8.93. The highest BCUT2D eigenvalue weighted by Crippen LogP contribution is 2.54. The zero-order valence-corrected chi connectivity index (χ0v) is 19.6. The standard InChI is InChI=1S/C28H23FN2O5/c1-16(32)17-9-8-12-19(15-17)31-25(33)22-23(26(31)34)28(27(35)36-2,18-10-4-3-5-11-18)30-24(22)20-13-6-7-14-21(20)29/h3-15,22-24,30H,1-2H3/t22-,23-,24+,28+/m0/s1. The third kappa shape index (κ3) is 3.37. The second kappa shape index (κ2) is 8.80. The first-order valence-corrected chi connectivity index (χ1v) is 11.5. The highest BCUT2D eigenvalue weighted by atomic mass is 19.1. The number of carbonyl (C=O) groups is 4. The van der Waals surface area contributed by atoms with Gasteiger partial charge in [-0.15, -0.1) is 0 Å². The number of imide groups is 1. The van der Waals surface area contributed by atoms with E-state index in [1.54, 1.807) is 54.6 Å². The molecule has 2 saturated heterocycles. The van der Waals surface area contributed by atoms with Gasteiger partial charge in [-0.3, -0.25) is 19.7 Å². The van der Waals surface area contributed by atoms with E-state index < -0.39 is 47.0 Å². The van der Waals surface area contributed by atoms with Crippen LogP contribution in [-0.2, 0) is 24.7 Å². The summed E-state index contributed by atoms with van der Waals surface area (Å²) in [5, 5.41) is 3.16. The monoisotopic (exact) mass is 486 g/mol. The molecule has 2 amide bonds. The summed E-state index contributed by atoms with van der Waals surface area (Å²) >= 11 is 0. The van der Waals surface area contributed by atoms with E-state index >= 15 is 4.39 Å². The van der Waals surface area contributed by atoms with Crippen molar-refractivity contribution in [1.29, 1.82) is 0 Å². The molecule has 3 aromatic carbocycles. The fraction of sp³-hybridized carbons (Fsp3) is 0.214. The summed E-state index contributed by atoms with van der Waals surface area (Å²) in [5.74, 6) is -5.10. The van der Waals surface area contributed by atoms with Gasteiger partial charge in [0.2, 0.25) is 11.8 Å². The number of ketones is 1. The molecule has 1 N–H and O–H groups in total. The van der Waals surface area contributed by atoms with Gasteiger partial charge in [0.05, 0.1) is 24.6 Å². The lowest BCUT2D eigenvalue weighted by Gasteiger charge is -2.33. The van der Waals surface area contributed by atoms with E-state index in [2.05, 4.69) is 5.32 Å². The molecular weight excluding hydrogens is 463 g/mol. The van der Waals surface area contributed by atoms with Crippen molar-refractivity contribution < 1.29 is 28.3 Å². The number of ether oxygens (including phenoxy) is 1. The van der Waals surface area contributed by atoms with Crippen molar-refractivity contribution in [3.05, 3.63) is 101 Å². The highest BCUT2D eigenvalue weighted by molar-refractivity contribution is 6.24. The van der Waals surface area contributed by atoms with Gasteiger partial charge in [0.1, 0.15) is 5.82 Å². The molecule has 0 aliphatic carbocycles. The minimum absolute atomic E-state index is 0.162. The van der Waals surface area contributed by atoms with Crippen LogP contribution in [0.2, 0.25) is 0 Å². The second-order valence-corrected chi connectivity index (χ2v) is 8.93. The summed E-state index contributed by atoms with van der Waals surface area (Å²) in [6, 6.07) is 19.7. The van der Waals surface area contributed by atoms with Crippen LogP contribution in [0.15, 0.2) is 78.9 Å². The van der Waals surface area contributed by atoms with E-state index in [0.717, 1.165) is 4.90 Å². The van der Waals surface area contributed by atoms with Crippen LogP contribution in [0.3, 0.4) is 0 Å². The summed E-state index contributed by atoms with van der Waals surface area (Å²) in [6.45, 7) is 1.39. The van der Waals surface area contributed by atoms with E-state index in [9.17, 15) is 19.2 Å². The van der Waals surface area contributed by atoms with Gasteiger partial charge >= 0.3 is 5.97 Å². The first-order chi connectivity index (χ1) is 17.3. The van der Waals surface area contributed by atoms with Crippen LogP contribution < -0.4 is 10.2 Å². The number of nitrogens with one attached hydrogen (secondary N) is 1. The normalized spacial score (nSPS) is 25.1. The molecule has 0 unspecified atom stereocenters. The largest absolute Gasteiger partial charge is 0.467 e. The summed E-state index contributed by atoms with van der Waals surface area (Å²) in [7, 11) is 1.20. The Bertz CT molecular complexity index is 1390. The highest BCUT2D eigenvalue weighted by Gasteiger charge is 2.70. The number of hydrogen-bond donors (Lipinski definition) is 1. The van der Waals surface area contributed by atoms with Crippen molar-refractivity contribution in [3.8, 4) is 0 Å². The van der Waals surface area contributed by atoms with Crippen molar-refractivity contribution >= 4 is 29.3 Å². The molecule has 36 heavy (non-hydrogen) atoms. The van der Waals surface area contributed by atoms with Crippen molar-refractivity contribution in [1.82, 2.24) is 5.32 Å². The molecule has 2 aliphatic heterocycles. The molecule has 2 fully saturated rings. The molecule has 7 nitrogen and oxygen atoms in total. The van der Waals surface area contributed by atoms with Gasteiger partial charge in [-0.2, -0.15) is 0 Å². The molecular formula is C28H23FN2O5. The Kier molecular flexibility index (Phi) is 5.76. The molecule has 0 radical (unpaired) electrons. The number of hydrogen-bond acceptors (Lipinski definition) is 6. The number of rotatable bonds is 5. The van der Waals surface area contributed by atoms with E-state index in [1.807, 2.05) is 0 Å². The Labute approximate surface area is 206 Å². The van der Waals surface area contributed by atoms with E-state index in [-0.39, 0.29) is 17.0 Å². The van der Waals surface area contributed by atoms with Crippen LogP contribution >= 0.6 is 0 Å². The molecule has 0 aromatic heterocycles. The lowest BCUT2D eigenvalue weighted by atomic mass is 9.75. The average Bonchev–Trinajstić information content (AvgIpc) is 3.38. The number of amides is 2. The number of Topliss-reactive ketones (excluding diaryl/α,β-unsaturated/α-hetero) is 1. The molecule has 0 saturated carbocycles. The first-order valence-electron chi connectivity index (χ1n) is 11.5. The molecule has 182 valence electrons. The van der Waals surface area contributed by atoms with Crippen molar-refractivity contribution in [2.75, 3.05) is 12.0 Å².